The molecule has 0 radical (unpaired) electrons. The van der Waals surface area contributed by atoms with Crippen LogP contribution in [0.3, 0.4) is 0 Å². The summed E-state index contributed by atoms with van der Waals surface area (Å²) in [7, 11) is 0. The number of para-hydroxylation sites is 1. The first kappa shape index (κ1) is 14.7. The molecule has 2 aromatic carbocycles. The highest BCUT2D eigenvalue weighted by molar-refractivity contribution is 14.1. The zero-order chi connectivity index (χ0) is 14.0. The number of carbonyl (C=O) groups is 1. The minimum Gasteiger partial charge on any atom is -0.318 e. The molecule has 0 aliphatic rings. The van der Waals surface area contributed by atoms with E-state index in [0.29, 0.717) is 5.56 Å². The van der Waals surface area contributed by atoms with Crippen molar-refractivity contribution in [3.63, 3.8) is 0 Å². The maximum absolute atomic E-state index is 13.6. The van der Waals surface area contributed by atoms with Gasteiger partial charge in [-0.3, -0.25) is 4.79 Å². The smallest absolute Gasteiger partial charge is 0.256 e. The normalized spacial score (nSPS) is 10.3. The van der Waals surface area contributed by atoms with Gasteiger partial charge in [0.15, 0.2) is 0 Å². The summed E-state index contributed by atoms with van der Waals surface area (Å²) in [4.78, 5) is 12.1. The molecule has 1 N–H and O–H groups in total. The number of carbonyl (C=O) groups excluding carboxylic acids is 1. The van der Waals surface area contributed by atoms with E-state index in [0.717, 1.165) is 8.04 Å². The van der Waals surface area contributed by atoms with Gasteiger partial charge in [0.2, 0.25) is 0 Å². The Morgan fingerprint density at radius 3 is 2.74 bits per heavy atom. The number of halogens is 4. The summed E-state index contributed by atoms with van der Waals surface area (Å²) in [5, 5.41) is 2.66. The zero-order valence-corrected chi connectivity index (χ0v) is 13.9. The number of benzene rings is 2. The van der Waals surface area contributed by atoms with Crippen molar-refractivity contribution in [2.24, 2.45) is 0 Å². The van der Waals surface area contributed by atoms with Gasteiger partial charge in [-0.1, -0.05) is 33.6 Å². The lowest BCUT2D eigenvalue weighted by atomic mass is 10.2. The van der Waals surface area contributed by atoms with Crippen LogP contribution in [0.25, 0.3) is 0 Å². The largest absolute Gasteiger partial charge is 0.318 e. The van der Waals surface area contributed by atoms with E-state index in [4.69, 9.17) is 11.6 Å². The minimum absolute atomic E-state index is 0.00931. The van der Waals surface area contributed by atoms with Crippen LogP contribution in [0.2, 0.25) is 5.02 Å². The molecule has 0 aliphatic heterocycles. The summed E-state index contributed by atoms with van der Waals surface area (Å²) < 4.78 is 15.1. The molecule has 0 spiro atoms. The number of hydrogen-bond donors (Lipinski definition) is 1. The topological polar surface area (TPSA) is 29.1 Å². The summed E-state index contributed by atoms with van der Waals surface area (Å²) in [5.41, 5.74) is 0.444. The second-order valence-corrected chi connectivity index (χ2v) is 6.16. The maximum Gasteiger partial charge on any atom is 0.256 e. The van der Waals surface area contributed by atoms with Crippen LogP contribution in [0, 0.1) is 9.39 Å². The average molecular weight is 454 g/mol. The van der Waals surface area contributed by atoms with E-state index in [1.807, 2.05) is 28.7 Å². The van der Waals surface area contributed by atoms with Crippen molar-refractivity contribution in [2.75, 3.05) is 5.32 Å². The summed E-state index contributed by atoms with van der Waals surface area (Å²) in [6.45, 7) is 0. The molecule has 0 unspecified atom stereocenters. The molecule has 19 heavy (non-hydrogen) atoms. The first-order valence-electron chi connectivity index (χ1n) is 5.19. The highest BCUT2D eigenvalue weighted by Crippen LogP contribution is 2.26. The van der Waals surface area contributed by atoms with Gasteiger partial charge in [0.05, 0.1) is 16.3 Å². The molecule has 0 aliphatic carbocycles. The third kappa shape index (κ3) is 3.46. The third-order valence-corrected chi connectivity index (χ3v) is 4.12. The molecular weight excluding hydrogens is 447 g/mol. The van der Waals surface area contributed by atoms with Crippen molar-refractivity contribution in [3.8, 4) is 0 Å². The van der Waals surface area contributed by atoms with Gasteiger partial charge in [0.1, 0.15) is 5.82 Å². The molecule has 2 nitrogen and oxygen atoms in total. The van der Waals surface area contributed by atoms with Crippen molar-refractivity contribution >= 4 is 61.7 Å². The summed E-state index contributed by atoms with van der Waals surface area (Å²) in [6, 6.07) is 9.54. The van der Waals surface area contributed by atoms with Gasteiger partial charge >= 0.3 is 0 Å². The van der Waals surface area contributed by atoms with Crippen LogP contribution in [-0.4, -0.2) is 5.91 Å². The van der Waals surface area contributed by atoms with Crippen molar-refractivity contribution in [1.29, 1.82) is 0 Å². The van der Waals surface area contributed by atoms with Crippen LogP contribution < -0.4 is 5.32 Å². The van der Waals surface area contributed by atoms with Crippen LogP contribution in [0.15, 0.2) is 40.9 Å². The molecule has 0 bridgehead atoms. The summed E-state index contributed by atoms with van der Waals surface area (Å²) in [6.07, 6.45) is 0. The number of rotatable bonds is 2. The maximum atomic E-state index is 13.6. The molecule has 0 fully saturated rings. The van der Waals surface area contributed by atoms with Crippen molar-refractivity contribution in [3.05, 3.63) is 60.8 Å². The Balaban J connectivity index is 2.34. The quantitative estimate of drug-likeness (QED) is 0.629. The lowest BCUT2D eigenvalue weighted by Gasteiger charge is -2.09. The van der Waals surface area contributed by atoms with Crippen molar-refractivity contribution in [1.82, 2.24) is 0 Å². The molecule has 0 aromatic heterocycles. The van der Waals surface area contributed by atoms with Crippen molar-refractivity contribution < 1.29 is 9.18 Å². The number of amides is 1. The SMILES string of the molecule is O=C(Nc1c(F)cccc1Cl)c1cc(Br)ccc1I. The Bertz CT molecular complexity index is 630. The summed E-state index contributed by atoms with van der Waals surface area (Å²) in [5.74, 6) is -0.969. The second-order valence-electron chi connectivity index (χ2n) is 3.67. The van der Waals surface area contributed by atoms with E-state index in [-0.39, 0.29) is 10.7 Å². The van der Waals surface area contributed by atoms with Gasteiger partial charge in [-0.25, -0.2) is 4.39 Å². The highest BCUT2D eigenvalue weighted by atomic mass is 127. The fourth-order valence-electron chi connectivity index (χ4n) is 1.47. The van der Waals surface area contributed by atoms with Gasteiger partial charge in [0, 0.05) is 8.04 Å². The molecule has 0 heterocycles. The lowest BCUT2D eigenvalue weighted by molar-refractivity contribution is 0.102. The van der Waals surface area contributed by atoms with E-state index in [2.05, 4.69) is 21.2 Å². The van der Waals surface area contributed by atoms with Crippen LogP contribution >= 0.6 is 50.1 Å². The third-order valence-electron chi connectivity index (χ3n) is 2.37. The zero-order valence-electron chi connectivity index (χ0n) is 9.38. The molecule has 0 saturated heterocycles. The van der Waals surface area contributed by atoms with Gasteiger partial charge in [-0.15, -0.1) is 0 Å². The average Bonchev–Trinajstić information content (AvgIpc) is 2.37. The Morgan fingerprint density at radius 1 is 1.32 bits per heavy atom. The van der Waals surface area contributed by atoms with Crippen LogP contribution in [-0.2, 0) is 0 Å². The van der Waals surface area contributed by atoms with E-state index in [9.17, 15) is 9.18 Å². The highest BCUT2D eigenvalue weighted by Gasteiger charge is 2.14. The molecule has 2 rings (SSSR count). The molecule has 0 saturated carbocycles. The van der Waals surface area contributed by atoms with Crippen molar-refractivity contribution in [2.45, 2.75) is 0 Å². The Morgan fingerprint density at radius 2 is 2.05 bits per heavy atom. The number of nitrogens with one attached hydrogen (secondary N) is 1. The first-order valence-corrected chi connectivity index (χ1v) is 7.44. The monoisotopic (exact) mass is 453 g/mol. The number of anilines is 1. The molecule has 1 amide bonds. The van der Waals surface area contributed by atoms with Gasteiger partial charge in [0.25, 0.3) is 5.91 Å². The van der Waals surface area contributed by atoms with Gasteiger partial charge in [-0.2, -0.15) is 0 Å². The number of hydrogen-bond acceptors (Lipinski definition) is 1. The first-order chi connectivity index (χ1) is 8.99. The van der Waals surface area contributed by atoms with E-state index in [1.165, 1.54) is 18.2 Å². The summed E-state index contributed by atoms with van der Waals surface area (Å²) >= 11 is 11.2. The Hall–Kier alpha value is -0.660. The van der Waals surface area contributed by atoms with E-state index in [1.54, 1.807) is 12.1 Å². The fraction of sp³-hybridized carbons (Fsp3) is 0. The predicted molar refractivity (Wildman–Crippen MR) is 86.2 cm³/mol. The molecule has 6 heteroatoms. The molecule has 98 valence electrons. The second kappa shape index (κ2) is 6.19. The van der Waals surface area contributed by atoms with Crippen LogP contribution in [0.1, 0.15) is 10.4 Å². The van der Waals surface area contributed by atoms with Crippen LogP contribution in [0.4, 0.5) is 10.1 Å². The molecule has 0 atom stereocenters. The van der Waals surface area contributed by atoms with Gasteiger partial charge in [-0.05, 0) is 52.9 Å². The Labute approximate surface area is 136 Å². The van der Waals surface area contributed by atoms with Gasteiger partial charge < -0.3 is 5.32 Å². The minimum atomic E-state index is -0.564. The van der Waals surface area contributed by atoms with Crippen LogP contribution in [0.5, 0.6) is 0 Å². The fourth-order valence-corrected chi connectivity index (χ4v) is 2.62. The molecule has 2 aromatic rings. The van der Waals surface area contributed by atoms with E-state index >= 15 is 0 Å². The standard InChI is InChI=1S/C13H7BrClFINO/c14-7-4-5-11(17)8(6-7)13(19)18-12-9(15)2-1-3-10(12)16/h1-6H,(H,18,19). The lowest BCUT2D eigenvalue weighted by Crippen LogP contribution is -2.14. The Kier molecular flexibility index (Phi) is 4.81. The predicted octanol–water partition coefficient (Wildman–Crippen LogP) is 5.10. The van der Waals surface area contributed by atoms with E-state index < -0.39 is 11.7 Å². The molecular formula is C13H7BrClFINO.